The molecule has 8 nitrogen and oxygen atoms in total. The largest absolute Gasteiger partial charge is 0.462 e. The van der Waals surface area contributed by atoms with E-state index in [0.717, 1.165) is 17.4 Å². The Morgan fingerprint density at radius 1 is 1.34 bits per heavy atom. The number of thioether (sulfide) groups is 1. The van der Waals surface area contributed by atoms with Gasteiger partial charge in [0.25, 0.3) is 0 Å². The normalized spacial score (nSPS) is 15.4. The van der Waals surface area contributed by atoms with Crippen LogP contribution in [0.3, 0.4) is 0 Å². The smallest absolute Gasteiger partial charge is 0.341 e. The predicted octanol–water partition coefficient (Wildman–Crippen LogP) is 4.47. The topological polar surface area (TPSA) is 112 Å². The van der Waals surface area contributed by atoms with Crippen molar-refractivity contribution in [2.45, 2.75) is 25.1 Å². The second-order valence-corrected chi connectivity index (χ2v) is 10.8. The zero-order valence-electron chi connectivity index (χ0n) is 17.2. The fourth-order valence-electron chi connectivity index (χ4n) is 3.01. The Kier molecular flexibility index (Phi) is 8.21. The van der Waals surface area contributed by atoms with Crippen LogP contribution in [0.15, 0.2) is 28.1 Å². The van der Waals surface area contributed by atoms with Crippen molar-refractivity contribution >= 4 is 84.3 Å². The molecule has 2 amide bonds. The van der Waals surface area contributed by atoms with Crippen LogP contribution in [0.5, 0.6) is 0 Å². The third kappa shape index (κ3) is 5.83. The number of esters is 1. The minimum absolute atomic E-state index is 0.0198. The van der Waals surface area contributed by atoms with Crippen LogP contribution in [-0.4, -0.2) is 41.9 Å². The van der Waals surface area contributed by atoms with Crippen LogP contribution in [-0.2, 0) is 20.9 Å². The van der Waals surface area contributed by atoms with Gasteiger partial charge in [0, 0.05) is 36.3 Å². The quantitative estimate of drug-likeness (QED) is 0.412. The van der Waals surface area contributed by atoms with E-state index < -0.39 is 17.1 Å². The third-order valence-corrected chi connectivity index (χ3v) is 7.67. The molecule has 1 atom stereocenters. The fourth-order valence-corrected chi connectivity index (χ4v) is 5.73. The van der Waals surface area contributed by atoms with Crippen LogP contribution >= 0.6 is 50.6 Å². The van der Waals surface area contributed by atoms with Crippen LogP contribution in [0.2, 0.25) is 5.02 Å². The monoisotopic (exact) mass is 558 g/mol. The van der Waals surface area contributed by atoms with Crippen molar-refractivity contribution in [3.8, 4) is 0 Å². The number of nitrogens with zero attached hydrogens (tertiary/aromatic N) is 1. The van der Waals surface area contributed by atoms with Gasteiger partial charge >= 0.3 is 5.97 Å². The van der Waals surface area contributed by atoms with Gasteiger partial charge in [0.15, 0.2) is 5.17 Å². The van der Waals surface area contributed by atoms with Gasteiger partial charge in [-0.05, 0) is 47.1 Å². The molecule has 3 rings (SSSR count). The van der Waals surface area contributed by atoms with Gasteiger partial charge in [0.2, 0.25) is 11.8 Å². The SMILES string of the molecule is CCOC(=O)c1c(NC(=O)CC2SC(=N)NC2=O)sc(Br)c1CN(C)c1ccc(Cl)cc1. The van der Waals surface area contributed by atoms with Crippen molar-refractivity contribution in [1.82, 2.24) is 5.32 Å². The van der Waals surface area contributed by atoms with E-state index in [0.29, 0.717) is 25.9 Å². The van der Waals surface area contributed by atoms with Gasteiger partial charge in [0.1, 0.15) is 15.8 Å². The van der Waals surface area contributed by atoms with Crippen LogP contribution in [0, 0.1) is 5.41 Å². The highest BCUT2D eigenvalue weighted by atomic mass is 79.9. The number of ether oxygens (including phenoxy) is 1. The summed E-state index contributed by atoms with van der Waals surface area (Å²) >= 11 is 11.7. The van der Waals surface area contributed by atoms with E-state index >= 15 is 0 Å². The maximum Gasteiger partial charge on any atom is 0.341 e. The molecule has 2 heterocycles. The lowest BCUT2D eigenvalue weighted by molar-refractivity contribution is -0.122. The summed E-state index contributed by atoms with van der Waals surface area (Å²) in [5.41, 5.74) is 1.85. The minimum Gasteiger partial charge on any atom is -0.462 e. The van der Waals surface area contributed by atoms with Crippen molar-refractivity contribution in [3.63, 3.8) is 0 Å². The summed E-state index contributed by atoms with van der Waals surface area (Å²) in [5, 5.41) is 12.9. The molecule has 0 aliphatic carbocycles. The van der Waals surface area contributed by atoms with Gasteiger partial charge in [-0.25, -0.2) is 4.79 Å². The molecule has 1 fully saturated rings. The molecule has 0 bridgehead atoms. The highest BCUT2D eigenvalue weighted by Crippen LogP contribution is 2.39. The molecule has 1 aliphatic rings. The van der Waals surface area contributed by atoms with E-state index in [1.165, 1.54) is 11.3 Å². The molecule has 0 spiro atoms. The van der Waals surface area contributed by atoms with Gasteiger partial charge < -0.3 is 20.3 Å². The molecule has 2 aromatic rings. The molecule has 1 aliphatic heterocycles. The van der Waals surface area contributed by atoms with E-state index in [2.05, 4.69) is 26.6 Å². The zero-order chi connectivity index (χ0) is 23.4. The van der Waals surface area contributed by atoms with Crippen LogP contribution in [0.25, 0.3) is 0 Å². The maximum absolute atomic E-state index is 12.8. The summed E-state index contributed by atoms with van der Waals surface area (Å²) in [4.78, 5) is 39.1. The zero-order valence-corrected chi connectivity index (χ0v) is 21.1. The molecular weight excluding hydrogens is 540 g/mol. The molecule has 12 heteroatoms. The Hall–Kier alpha value is -2.08. The Morgan fingerprint density at radius 2 is 2.03 bits per heavy atom. The molecule has 3 N–H and O–H groups in total. The highest BCUT2D eigenvalue weighted by Gasteiger charge is 2.32. The van der Waals surface area contributed by atoms with Crippen molar-refractivity contribution in [3.05, 3.63) is 44.2 Å². The average Bonchev–Trinajstić information content (AvgIpc) is 3.19. The number of halogens is 2. The number of hydrogen-bond acceptors (Lipinski definition) is 8. The summed E-state index contributed by atoms with van der Waals surface area (Å²) in [6.45, 7) is 2.27. The van der Waals surface area contributed by atoms with Crippen molar-refractivity contribution in [2.24, 2.45) is 0 Å². The Labute approximate surface area is 206 Å². The number of amides is 2. The van der Waals surface area contributed by atoms with Gasteiger partial charge in [-0.15, -0.1) is 11.3 Å². The van der Waals surface area contributed by atoms with E-state index in [1.807, 2.05) is 24.1 Å². The number of carbonyl (C=O) groups is 3. The van der Waals surface area contributed by atoms with Crippen molar-refractivity contribution in [1.29, 1.82) is 5.41 Å². The molecule has 1 aromatic carbocycles. The molecular formula is C20H20BrClN4O4S2. The third-order valence-electron chi connectivity index (χ3n) is 4.51. The summed E-state index contributed by atoms with van der Waals surface area (Å²) in [6, 6.07) is 7.31. The lowest BCUT2D eigenvalue weighted by atomic mass is 10.1. The van der Waals surface area contributed by atoms with Crippen LogP contribution in [0.1, 0.15) is 29.3 Å². The maximum atomic E-state index is 12.8. The Bertz CT molecular complexity index is 1060. The number of thiophene rings is 1. The molecule has 170 valence electrons. The molecule has 0 saturated carbocycles. The molecule has 1 aromatic heterocycles. The van der Waals surface area contributed by atoms with Gasteiger partial charge in [-0.1, -0.05) is 23.4 Å². The first-order valence-corrected chi connectivity index (χ1v) is 12.4. The van der Waals surface area contributed by atoms with E-state index in [9.17, 15) is 14.4 Å². The Morgan fingerprint density at radius 3 is 2.62 bits per heavy atom. The number of nitrogens with one attached hydrogen (secondary N) is 3. The second kappa shape index (κ2) is 10.7. The summed E-state index contributed by atoms with van der Waals surface area (Å²) in [6.07, 6.45) is -0.114. The predicted molar refractivity (Wildman–Crippen MR) is 132 cm³/mol. The number of hydrogen-bond donors (Lipinski definition) is 3. The number of rotatable bonds is 8. The molecule has 1 saturated heterocycles. The van der Waals surface area contributed by atoms with E-state index in [-0.39, 0.29) is 29.7 Å². The summed E-state index contributed by atoms with van der Waals surface area (Å²) in [5.74, 6) is -1.35. The summed E-state index contributed by atoms with van der Waals surface area (Å²) < 4.78 is 5.92. The minimum atomic E-state index is -0.674. The van der Waals surface area contributed by atoms with Crippen molar-refractivity contribution < 1.29 is 19.1 Å². The number of carbonyl (C=O) groups excluding carboxylic acids is 3. The summed E-state index contributed by atoms with van der Waals surface area (Å²) in [7, 11) is 1.88. The van der Waals surface area contributed by atoms with Gasteiger partial charge in [0.05, 0.1) is 10.4 Å². The van der Waals surface area contributed by atoms with Crippen molar-refractivity contribution in [2.75, 3.05) is 23.9 Å². The standard InChI is InChI=1S/C20H20BrClN4O4S2/c1-3-30-19(29)15-12(9-26(2)11-6-4-10(22)5-7-11)16(21)32-18(15)24-14(27)8-13-17(28)25-20(23)31-13/h4-7,13H,3,8-9H2,1-2H3,(H,24,27)(H2,23,25,28). The molecule has 0 radical (unpaired) electrons. The number of amidine groups is 1. The van der Waals surface area contributed by atoms with Gasteiger partial charge in [-0.3, -0.25) is 15.0 Å². The lowest BCUT2D eigenvalue weighted by Gasteiger charge is -2.20. The van der Waals surface area contributed by atoms with Gasteiger partial charge in [-0.2, -0.15) is 0 Å². The first-order valence-electron chi connectivity index (χ1n) is 9.50. The van der Waals surface area contributed by atoms with Crippen LogP contribution in [0.4, 0.5) is 10.7 Å². The number of anilines is 2. The average molecular weight is 560 g/mol. The number of benzene rings is 1. The van der Waals surface area contributed by atoms with E-state index in [1.54, 1.807) is 19.1 Å². The highest BCUT2D eigenvalue weighted by molar-refractivity contribution is 9.11. The second-order valence-electron chi connectivity index (χ2n) is 6.79. The first kappa shape index (κ1) is 24.6. The van der Waals surface area contributed by atoms with Crippen LogP contribution < -0.4 is 15.5 Å². The molecule has 32 heavy (non-hydrogen) atoms. The molecule has 1 unspecified atom stereocenters. The Balaban J connectivity index is 1.83. The lowest BCUT2D eigenvalue weighted by Crippen LogP contribution is -2.28. The first-order chi connectivity index (χ1) is 15.2. The fraction of sp³-hybridized carbons (Fsp3) is 0.300. The van der Waals surface area contributed by atoms with E-state index in [4.69, 9.17) is 21.7 Å².